The Bertz CT molecular complexity index is 461. The second-order valence-corrected chi connectivity index (χ2v) is 5.97. The van der Waals surface area contributed by atoms with E-state index in [1.54, 1.807) is 6.07 Å². The highest BCUT2D eigenvalue weighted by atomic mass is 79.9. The van der Waals surface area contributed by atoms with Crippen molar-refractivity contribution in [1.82, 2.24) is 4.90 Å². The van der Waals surface area contributed by atoms with Crippen molar-refractivity contribution in [3.63, 3.8) is 0 Å². The van der Waals surface area contributed by atoms with Crippen LogP contribution in [0.3, 0.4) is 0 Å². The fourth-order valence-electron chi connectivity index (χ4n) is 2.55. The highest BCUT2D eigenvalue weighted by Crippen LogP contribution is 2.24. The maximum absolute atomic E-state index is 11.6. The van der Waals surface area contributed by atoms with E-state index in [9.17, 15) is 4.79 Å². The standard InChI is InChI=1S/C15H20BrNO2/c1-11-5-3-4-8-17(11)10-13-9-12(15(18)19-2)6-7-14(13)16/h6-7,9,11H,3-5,8,10H2,1-2H3. The van der Waals surface area contributed by atoms with E-state index in [-0.39, 0.29) is 5.97 Å². The number of esters is 1. The molecule has 19 heavy (non-hydrogen) atoms. The molecular weight excluding hydrogens is 306 g/mol. The second-order valence-electron chi connectivity index (χ2n) is 5.11. The summed E-state index contributed by atoms with van der Waals surface area (Å²) < 4.78 is 5.83. The van der Waals surface area contributed by atoms with E-state index in [4.69, 9.17) is 4.74 Å². The summed E-state index contributed by atoms with van der Waals surface area (Å²) in [6.45, 7) is 4.29. The number of benzene rings is 1. The molecule has 1 aliphatic heterocycles. The van der Waals surface area contributed by atoms with Gasteiger partial charge in [-0.1, -0.05) is 22.4 Å². The maximum atomic E-state index is 11.6. The van der Waals surface area contributed by atoms with Crippen LogP contribution in [0, 0.1) is 0 Å². The molecule has 1 aromatic rings. The van der Waals surface area contributed by atoms with Crippen LogP contribution in [-0.4, -0.2) is 30.6 Å². The smallest absolute Gasteiger partial charge is 0.337 e. The fraction of sp³-hybridized carbons (Fsp3) is 0.533. The zero-order valence-electron chi connectivity index (χ0n) is 11.5. The Balaban J connectivity index is 2.16. The lowest BCUT2D eigenvalue weighted by Crippen LogP contribution is -2.36. The molecule has 0 aromatic heterocycles. The first-order valence-corrected chi connectivity index (χ1v) is 7.52. The van der Waals surface area contributed by atoms with Crippen LogP contribution < -0.4 is 0 Å². The molecule has 104 valence electrons. The molecule has 0 aliphatic carbocycles. The third kappa shape index (κ3) is 3.57. The molecule has 1 unspecified atom stereocenters. The molecule has 0 N–H and O–H groups in total. The van der Waals surface area contributed by atoms with E-state index in [2.05, 4.69) is 27.8 Å². The van der Waals surface area contributed by atoms with Gasteiger partial charge < -0.3 is 4.74 Å². The van der Waals surface area contributed by atoms with Crippen molar-refractivity contribution in [3.05, 3.63) is 33.8 Å². The van der Waals surface area contributed by atoms with Crippen molar-refractivity contribution in [2.75, 3.05) is 13.7 Å². The Labute approximate surface area is 123 Å². The molecule has 1 fully saturated rings. The number of ether oxygens (including phenoxy) is 1. The molecule has 1 aliphatic rings. The van der Waals surface area contributed by atoms with Gasteiger partial charge in [-0.15, -0.1) is 0 Å². The highest BCUT2D eigenvalue weighted by molar-refractivity contribution is 9.10. The van der Waals surface area contributed by atoms with Crippen molar-refractivity contribution in [2.45, 2.75) is 38.8 Å². The summed E-state index contributed by atoms with van der Waals surface area (Å²) in [6.07, 6.45) is 3.84. The Morgan fingerprint density at radius 3 is 2.95 bits per heavy atom. The minimum Gasteiger partial charge on any atom is -0.465 e. The number of carbonyl (C=O) groups is 1. The lowest BCUT2D eigenvalue weighted by Gasteiger charge is -2.33. The van der Waals surface area contributed by atoms with E-state index in [0.29, 0.717) is 11.6 Å². The molecule has 0 bridgehead atoms. The van der Waals surface area contributed by atoms with Crippen LogP contribution >= 0.6 is 15.9 Å². The number of piperidine rings is 1. The van der Waals surface area contributed by atoms with E-state index in [1.807, 2.05) is 12.1 Å². The number of carbonyl (C=O) groups excluding carboxylic acids is 1. The summed E-state index contributed by atoms with van der Waals surface area (Å²) in [6, 6.07) is 6.26. The number of hydrogen-bond donors (Lipinski definition) is 0. The van der Waals surface area contributed by atoms with Gasteiger partial charge in [-0.25, -0.2) is 4.79 Å². The predicted octanol–water partition coefficient (Wildman–Crippen LogP) is 3.61. The Morgan fingerprint density at radius 1 is 1.47 bits per heavy atom. The average Bonchev–Trinajstić information content (AvgIpc) is 2.42. The lowest BCUT2D eigenvalue weighted by molar-refractivity contribution is 0.0600. The topological polar surface area (TPSA) is 29.5 Å². The van der Waals surface area contributed by atoms with Crippen LogP contribution in [0.2, 0.25) is 0 Å². The van der Waals surface area contributed by atoms with Crippen LogP contribution in [0.1, 0.15) is 42.1 Å². The summed E-state index contributed by atoms with van der Waals surface area (Å²) in [7, 11) is 1.41. The van der Waals surface area contributed by atoms with Crippen LogP contribution in [0.25, 0.3) is 0 Å². The van der Waals surface area contributed by atoms with Gasteiger partial charge in [-0.3, -0.25) is 4.90 Å². The molecular formula is C15H20BrNO2. The van der Waals surface area contributed by atoms with Crippen molar-refractivity contribution in [2.24, 2.45) is 0 Å². The molecule has 4 heteroatoms. The van der Waals surface area contributed by atoms with Crippen LogP contribution in [-0.2, 0) is 11.3 Å². The normalized spacial score (nSPS) is 20.3. The lowest BCUT2D eigenvalue weighted by atomic mass is 10.0. The highest BCUT2D eigenvalue weighted by Gasteiger charge is 2.19. The second kappa shape index (κ2) is 6.53. The fourth-order valence-corrected chi connectivity index (χ4v) is 2.92. The number of hydrogen-bond acceptors (Lipinski definition) is 3. The molecule has 1 heterocycles. The Hall–Kier alpha value is -0.870. The van der Waals surface area contributed by atoms with E-state index in [1.165, 1.54) is 26.4 Å². The molecule has 0 saturated carbocycles. The van der Waals surface area contributed by atoms with Gasteiger partial charge in [0.25, 0.3) is 0 Å². The van der Waals surface area contributed by atoms with Gasteiger partial charge in [-0.05, 0) is 50.1 Å². The van der Waals surface area contributed by atoms with Gasteiger partial charge in [-0.2, -0.15) is 0 Å². The molecule has 0 amide bonds. The minimum absolute atomic E-state index is 0.277. The van der Waals surface area contributed by atoms with Crippen molar-refractivity contribution >= 4 is 21.9 Å². The first-order chi connectivity index (χ1) is 9.11. The number of halogens is 1. The van der Waals surface area contributed by atoms with E-state index < -0.39 is 0 Å². The number of likely N-dealkylation sites (tertiary alicyclic amines) is 1. The number of rotatable bonds is 3. The van der Waals surface area contributed by atoms with Gasteiger partial charge in [0.15, 0.2) is 0 Å². The summed E-state index contributed by atoms with van der Waals surface area (Å²) in [5, 5.41) is 0. The molecule has 1 aromatic carbocycles. The minimum atomic E-state index is -0.277. The van der Waals surface area contributed by atoms with E-state index in [0.717, 1.165) is 23.1 Å². The summed E-state index contributed by atoms with van der Waals surface area (Å²) in [5.74, 6) is -0.277. The van der Waals surface area contributed by atoms with Crippen molar-refractivity contribution in [1.29, 1.82) is 0 Å². The molecule has 1 atom stereocenters. The first kappa shape index (κ1) is 14.5. The maximum Gasteiger partial charge on any atom is 0.337 e. The zero-order valence-corrected chi connectivity index (χ0v) is 13.1. The molecule has 3 nitrogen and oxygen atoms in total. The van der Waals surface area contributed by atoms with Gasteiger partial charge in [0.05, 0.1) is 12.7 Å². The van der Waals surface area contributed by atoms with Gasteiger partial charge in [0.2, 0.25) is 0 Å². The quantitative estimate of drug-likeness (QED) is 0.795. The van der Waals surface area contributed by atoms with Gasteiger partial charge in [0, 0.05) is 17.1 Å². The average molecular weight is 326 g/mol. The largest absolute Gasteiger partial charge is 0.465 e. The van der Waals surface area contributed by atoms with Crippen LogP contribution in [0.15, 0.2) is 22.7 Å². The zero-order chi connectivity index (χ0) is 13.8. The molecule has 0 radical (unpaired) electrons. The van der Waals surface area contributed by atoms with Crippen LogP contribution in [0.4, 0.5) is 0 Å². The number of nitrogens with zero attached hydrogens (tertiary/aromatic N) is 1. The van der Waals surface area contributed by atoms with Gasteiger partial charge >= 0.3 is 5.97 Å². The molecule has 1 saturated heterocycles. The monoisotopic (exact) mass is 325 g/mol. The molecule has 2 rings (SSSR count). The Morgan fingerprint density at radius 2 is 2.26 bits per heavy atom. The predicted molar refractivity (Wildman–Crippen MR) is 79.2 cm³/mol. The number of methoxy groups -OCH3 is 1. The van der Waals surface area contributed by atoms with E-state index >= 15 is 0 Å². The summed E-state index contributed by atoms with van der Waals surface area (Å²) in [4.78, 5) is 14.1. The summed E-state index contributed by atoms with van der Waals surface area (Å²) in [5.41, 5.74) is 1.77. The molecule has 0 spiro atoms. The summed E-state index contributed by atoms with van der Waals surface area (Å²) >= 11 is 3.57. The van der Waals surface area contributed by atoms with Gasteiger partial charge in [0.1, 0.15) is 0 Å². The van der Waals surface area contributed by atoms with Crippen molar-refractivity contribution < 1.29 is 9.53 Å². The third-order valence-corrected chi connectivity index (χ3v) is 4.55. The van der Waals surface area contributed by atoms with Crippen molar-refractivity contribution in [3.8, 4) is 0 Å². The SMILES string of the molecule is COC(=O)c1ccc(Br)c(CN2CCCCC2C)c1. The first-order valence-electron chi connectivity index (χ1n) is 6.72. The Kier molecular flexibility index (Phi) is 4.99. The van der Waals surface area contributed by atoms with Crippen LogP contribution in [0.5, 0.6) is 0 Å². The third-order valence-electron chi connectivity index (χ3n) is 3.78.